The van der Waals surface area contributed by atoms with Gasteiger partial charge in [-0.3, -0.25) is 13.8 Å². The number of phosphoric acid groups is 1. The third-order valence-electron chi connectivity index (χ3n) is 9.14. The average Bonchev–Trinajstić information content (AvgIpc) is 3.14. The highest BCUT2D eigenvalue weighted by Gasteiger charge is 2.27. The molecule has 0 bridgehead atoms. The SMILES string of the molecule is CC/C=C\C/C=C\C/C=C\C/C=C\C/C=C\CCCCCCCCCC(=O)NC(COP(=O)(O)OCCN)C(O)CCCCCCCCCCCCC. The van der Waals surface area contributed by atoms with E-state index < -0.39 is 20.0 Å². The van der Waals surface area contributed by atoms with Crippen LogP contribution >= 0.6 is 7.82 Å². The predicted octanol–water partition coefficient (Wildman–Crippen LogP) is 11.9. The molecule has 3 atom stereocenters. The van der Waals surface area contributed by atoms with Crippen molar-refractivity contribution in [3.8, 4) is 0 Å². The minimum atomic E-state index is -4.32. The fraction of sp³-hybridized carbons (Fsp3) is 0.750. The normalized spacial score (nSPS) is 14.7. The second-order valence-electron chi connectivity index (χ2n) is 14.2. The molecule has 8 nitrogen and oxygen atoms in total. The molecule has 0 saturated heterocycles. The van der Waals surface area contributed by atoms with Crippen molar-refractivity contribution in [1.82, 2.24) is 5.32 Å². The molecule has 0 radical (unpaired) electrons. The van der Waals surface area contributed by atoms with Crippen molar-refractivity contribution in [2.45, 2.75) is 193 Å². The summed E-state index contributed by atoms with van der Waals surface area (Å²) in [6.45, 7) is 4.06. The molecule has 9 heteroatoms. The van der Waals surface area contributed by atoms with Gasteiger partial charge in [0.2, 0.25) is 5.91 Å². The summed E-state index contributed by atoms with van der Waals surface area (Å²) >= 11 is 0. The molecule has 0 aromatic rings. The van der Waals surface area contributed by atoms with E-state index in [1.807, 2.05) is 0 Å². The van der Waals surface area contributed by atoms with E-state index in [-0.39, 0.29) is 25.7 Å². The Morgan fingerprint density at radius 2 is 1.09 bits per heavy atom. The summed E-state index contributed by atoms with van der Waals surface area (Å²) in [5.41, 5.74) is 5.37. The van der Waals surface area contributed by atoms with Gasteiger partial charge in [-0.15, -0.1) is 0 Å². The molecule has 0 heterocycles. The molecule has 0 aliphatic rings. The van der Waals surface area contributed by atoms with Gasteiger partial charge in [0.15, 0.2) is 0 Å². The van der Waals surface area contributed by atoms with Crippen LogP contribution in [0.1, 0.15) is 181 Å². The van der Waals surface area contributed by atoms with Gasteiger partial charge in [0.1, 0.15) is 0 Å². The third-order valence-corrected chi connectivity index (χ3v) is 10.1. The summed E-state index contributed by atoms with van der Waals surface area (Å²) in [5.74, 6) is -0.177. The fourth-order valence-corrected chi connectivity index (χ4v) is 6.69. The molecule has 0 aromatic heterocycles. The molecule has 0 aliphatic heterocycles. The molecule has 308 valence electrons. The lowest BCUT2D eigenvalue weighted by molar-refractivity contribution is -0.123. The van der Waals surface area contributed by atoms with E-state index in [4.69, 9.17) is 14.8 Å². The molecule has 5 N–H and O–H groups in total. The van der Waals surface area contributed by atoms with Gasteiger partial charge in [0.05, 0.1) is 25.4 Å². The molecule has 3 unspecified atom stereocenters. The first kappa shape index (κ1) is 51.2. The van der Waals surface area contributed by atoms with E-state index >= 15 is 0 Å². The highest BCUT2D eigenvalue weighted by atomic mass is 31.2. The number of allylic oxidation sites excluding steroid dienone is 10. The van der Waals surface area contributed by atoms with Gasteiger partial charge in [0.25, 0.3) is 0 Å². The Morgan fingerprint density at radius 3 is 1.60 bits per heavy atom. The molecule has 0 aliphatic carbocycles. The van der Waals surface area contributed by atoms with Crippen LogP contribution in [0.3, 0.4) is 0 Å². The minimum Gasteiger partial charge on any atom is -0.391 e. The van der Waals surface area contributed by atoms with Gasteiger partial charge in [0, 0.05) is 13.0 Å². The Balaban J connectivity index is 4.14. The first-order valence-electron chi connectivity index (χ1n) is 21.4. The van der Waals surface area contributed by atoms with Gasteiger partial charge in [-0.1, -0.05) is 177 Å². The number of carbonyl (C=O) groups excluding carboxylic acids is 1. The van der Waals surface area contributed by atoms with Gasteiger partial charge < -0.3 is 21.1 Å². The quantitative estimate of drug-likeness (QED) is 0.0278. The molecule has 0 rings (SSSR count). The van der Waals surface area contributed by atoms with Crippen LogP contribution < -0.4 is 11.1 Å². The summed E-state index contributed by atoms with van der Waals surface area (Å²) in [7, 11) is -4.32. The first-order chi connectivity index (χ1) is 25.9. The van der Waals surface area contributed by atoms with Crippen LogP contribution in [0.2, 0.25) is 0 Å². The highest BCUT2D eigenvalue weighted by molar-refractivity contribution is 7.47. The van der Waals surface area contributed by atoms with Gasteiger partial charge in [-0.25, -0.2) is 4.57 Å². The van der Waals surface area contributed by atoms with E-state index in [1.54, 1.807) is 0 Å². The molecule has 0 spiro atoms. The number of carbonyl (C=O) groups is 1. The van der Waals surface area contributed by atoms with E-state index in [0.717, 1.165) is 83.5 Å². The zero-order chi connectivity index (χ0) is 38.9. The monoisotopic (exact) mass is 765 g/mol. The lowest BCUT2D eigenvalue weighted by Gasteiger charge is -2.25. The summed E-state index contributed by atoms with van der Waals surface area (Å²) < 4.78 is 22.1. The largest absolute Gasteiger partial charge is 0.472 e. The molecular formula is C44H81N2O6P. The van der Waals surface area contributed by atoms with Crippen LogP contribution in [0.4, 0.5) is 0 Å². The Bertz CT molecular complexity index is 1010. The number of rotatable bonds is 39. The summed E-state index contributed by atoms with van der Waals surface area (Å²) in [5, 5.41) is 13.7. The molecule has 0 aromatic carbocycles. The number of nitrogens with two attached hydrogens (primary N) is 1. The molecule has 0 fully saturated rings. The van der Waals surface area contributed by atoms with Crippen LogP contribution in [0.15, 0.2) is 60.8 Å². The van der Waals surface area contributed by atoms with Crippen molar-refractivity contribution in [2.75, 3.05) is 19.8 Å². The van der Waals surface area contributed by atoms with Crippen LogP contribution in [-0.2, 0) is 18.4 Å². The lowest BCUT2D eigenvalue weighted by Crippen LogP contribution is -2.46. The van der Waals surface area contributed by atoms with Gasteiger partial charge in [-0.05, 0) is 57.8 Å². The maximum atomic E-state index is 12.8. The van der Waals surface area contributed by atoms with Gasteiger partial charge in [-0.2, -0.15) is 0 Å². The fourth-order valence-electron chi connectivity index (χ4n) is 5.93. The Morgan fingerprint density at radius 1 is 0.642 bits per heavy atom. The zero-order valence-electron chi connectivity index (χ0n) is 34.0. The summed E-state index contributed by atoms with van der Waals surface area (Å²) in [6, 6.07) is -0.782. The van der Waals surface area contributed by atoms with Crippen molar-refractivity contribution in [2.24, 2.45) is 5.73 Å². The molecule has 53 heavy (non-hydrogen) atoms. The second-order valence-corrected chi connectivity index (χ2v) is 15.6. The summed E-state index contributed by atoms with van der Waals surface area (Å²) in [6.07, 6.45) is 49.4. The minimum absolute atomic E-state index is 0.0840. The standard InChI is InChI=1S/C44H81N2O6P/c1-3-5-7-9-11-13-15-16-17-18-19-20-21-22-23-24-25-26-28-30-32-34-36-38-44(48)46-42(41-52-53(49,50)51-40-39-45)43(47)37-35-33-31-29-27-14-12-10-8-6-4-2/h5,7,11,13,16-17,19-20,22-23,42-43,47H,3-4,6,8-10,12,14-15,18,21,24-41,45H2,1-2H3,(H,46,48)(H,49,50)/b7-5-,13-11-,17-16-,20-19-,23-22-. The highest BCUT2D eigenvalue weighted by Crippen LogP contribution is 2.43. The van der Waals surface area contributed by atoms with E-state index in [2.05, 4.69) is 79.9 Å². The number of unbranched alkanes of at least 4 members (excludes halogenated alkanes) is 17. The topological polar surface area (TPSA) is 131 Å². The van der Waals surface area contributed by atoms with Crippen LogP contribution in [0.25, 0.3) is 0 Å². The van der Waals surface area contributed by atoms with Crippen molar-refractivity contribution >= 4 is 13.7 Å². The molecular weight excluding hydrogens is 683 g/mol. The van der Waals surface area contributed by atoms with Crippen molar-refractivity contribution < 1.29 is 28.4 Å². The van der Waals surface area contributed by atoms with Crippen LogP contribution in [0, 0.1) is 0 Å². The zero-order valence-corrected chi connectivity index (χ0v) is 34.9. The second kappa shape index (κ2) is 39.9. The maximum absolute atomic E-state index is 12.8. The van der Waals surface area contributed by atoms with Crippen LogP contribution in [0.5, 0.6) is 0 Å². The van der Waals surface area contributed by atoms with E-state index in [9.17, 15) is 19.4 Å². The Kier molecular flexibility index (Phi) is 38.5. The number of aliphatic hydroxyl groups excluding tert-OH is 1. The Labute approximate surface area is 325 Å². The number of amides is 1. The van der Waals surface area contributed by atoms with Crippen LogP contribution in [-0.4, -0.2) is 47.8 Å². The molecule has 1 amide bonds. The van der Waals surface area contributed by atoms with Crippen molar-refractivity contribution in [1.29, 1.82) is 0 Å². The third kappa shape index (κ3) is 38.3. The molecule has 0 saturated carbocycles. The van der Waals surface area contributed by atoms with Crippen molar-refractivity contribution in [3.05, 3.63) is 60.8 Å². The lowest BCUT2D eigenvalue weighted by atomic mass is 10.0. The number of phosphoric ester groups is 1. The average molecular weight is 765 g/mol. The smallest absolute Gasteiger partial charge is 0.391 e. The Hall–Kier alpha value is -1.80. The number of aliphatic hydroxyl groups is 1. The van der Waals surface area contributed by atoms with E-state index in [0.29, 0.717) is 12.8 Å². The number of hydrogen-bond donors (Lipinski definition) is 4. The predicted molar refractivity (Wildman–Crippen MR) is 226 cm³/mol. The van der Waals surface area contributed by atoms with Crippen molar-refractivity contribution in [3.63, 3.8) is 0 Å². The van der Waals surface area contributed by atoms with E-state index in [1.165, 1.54) is 70.6 Å². The first-order valence-corrected chi connectivity index (χ1v) is 22.9. The number of nitrogens with one attached hydrogen (secondary N) is 1. The number of hydrogen-bond acceptors (Lipinski definition) is 6. The maximum Gasteiger partial charge on any atom is 0.472 e. The van der Waals surface area contributed by atoms with Gasteiger partial charge >= 0.3 is 7.82 Å². The summed E-state index contributed by atoms with van der Waals surface area (Å²) in [4.78, 5) is 22.7.